The van der Waals surface area contributed by atoms with E-state index in [1.165, 1.54) is 18.7 Å². The van der Waals surface area contributed by atoms with Crippen LogP contribution >= 0.6 is 0 Å². The highest BCUT2D eigenvalue weighted by Gasteiger charge is 2.21. The molecule has 0 saturated heterocycles. The molecule has 1 aromatic heterocycles. The maximum Gasteiger partial charge on any atom is 0.254 e. The first kappa shape index (κ1) is 12.0. The van der Waals surface area contributed by atoms with E-state index in [0.717, 1.165) is 32.2 Å². The van der Waals surface area contributed by atoms with Crippen molar-refractivity contribution in [2.45, 2.75) is 31.7 Å². The van der Waals surface area contributed by atoms with Gasteiger partial charge in [-0.15, -0.1) is 0 Å². The molecule has 0 aliphatic heterocycles. The third kappa shape index (κ3) is 3.23. The molecule has 1 amide bonds. The smallest absolute Gasteiger partial charge is 0.254 e. The van der Waals surface area contributed by atoms with Crippen molar-refractivity contribution in [1.29, 1.82) is 0 Å². The van der Waals surface area contributed by atoms with Gasteiger partial charge < -0.3 is 11.1 Å². The lowest BCUT2D eigenvalue weighted by Gasteiger charge is -2.28. The van der Waals surface area contributed by atoms with Gasteiger partial charge in [-0.25, -0.2) is 9.97 Å². The molecule has 5 nitrogen and oxygen atoms in total. The fraction of sp³-hybridized carbons (Fsp3) is 0.583. The molecule has 17 heavy (non-hydrogen) atoms. The minimum Gasteiger partial charge on any atom is -0.349 e. The first-order valence-electron chi connectivity index (χ1n) is 6.05. The first-order valence-corrected chi connectivity index (χ1v) is 6.05. The van der Waals surface area contributed by atoms with Crippen molar-refractivity contribution in [2.24, 2.45) is 11.7 Å². The normalized spacial score (nSPS) is 24.3. The monoisotopic (exact) mass is 234 g/mol. The van der Waals surface area contributed by atoms with Crippen molar-refractivity contribution < 1.29 is 4.79 Å². The molecule has 92 valence electrons. The van der Waals surface area contributed by atoms with Gasteiger partial charge in [-0.2, -0.15) is 0 Å². The van der Waals surface area contributed by atoms with Gasteiger partial charge in [0.2, 0.25) is 0 Å². The van der Waals surface area contributed by atoms with Crippen LogP contribution in [0.25, 0.3) is 0 Å². The molecule has 0 radical (unpaired) electrons. The van der Waals surface area contributed by atoms with Gasteiger partial charge in [0, 0.05) is 18.4 Å². The van der Waals surface area contributed by atoms with Gasteiger partial charge in [-0.1, -0.05) is 0 Å². The highest BCUT2D eigenvalue weighted by molar-refractivity contribution is 5.93. The molecule has 1 aromatic rings. The number of nitrogens with one attached hydrogen (secondary N) is 1. The summed E-state index contributed by atoms with van der Waals surface area (Å²) in [6, 6.07) is 0.269. The fourth-order valence-corrected chi connectivity index (χ4v) is 2.23. The third-order valence-corrected chi connectivity index (χ3v) is 3.34. The number of aromatic nitrogens is 2. The van der Waals surface area contributed by atoms with Crippen LogP contribution in [0, 0.1) is 5.92 Å². The van der Waals surface area contributed by atoms with Crippen LogP contribution in [0.3, 0.4) is 0 Å². The number of rotatable bonds is 3. The van der Waals surface area contributed by atoms with Crippen LogP contribution in [0.1, 0.15) is 36.0 Å². The standard InChI is InChI=1S/C12H18N4O/c13-5-9-1-3-11(4-2-9)16-12(17)10-6-14-8-15-7-10/h6-9,11H,1-5,13H2,(H,16,17). The van der Waals surface area contributed by atoms with E-state index in [1.807, 2.05) is 0 Å². The molecule has 1 aliphatic rings. The van der Waals surface area contributed by atoms with Gasteiger partial charge in [0.15, 0.2) is 0 Å². The largest absolute Gasteiger partial charge is 0.349 e. The molecule has 1 heterocycles. The van der Waals surface area contributed by atoms with Crippen LogP contribution in [0.15, 0.2) is 18.7 Å². The third-order valence-electron chi connectivity index (χ3n) is 3.34. The molecule has 1 saturated carbocycles. The molecular formula is C12H18N4O. The van der Waals surface area contributed by atoms with Crippen LogP contribution in [0.2, 0.25) is 0 Å². The Hall–Kier alpha value is -1.49. The topological polar surface area (TPSA) is 80.9 Å². The summed E-state index contributed by atoms with van der Waals surface area (Å²) in [5.41, 5.74) is 6.16. The second-order valence-corrected chi connectivity index (χ2v) is 4.55. The van der Waals surface area contributed by atoms with E-state index in [4.69, 9.17) is 5.73 Å². The summed E-state index contributed by atoms with van der Waals surface area (Å²) in [6.45, 7) is 0.757. The average Bonchev–Trinajstić information content (AvgIpc) is 2.40. The molecule has 0 spiro atoms. The second kappa shape index (κ2) is 5.72. The van der Waals surface area contributed by atoms with Crippen LogP contribution in [-0.2, 0) is 0 Å². The van der Waals surface area contributed by atoms with Gasteiger partial charge in [-0.05, 0) is 38.1 Å². The fourth-order valence-electron chi connectivity index (χ4n) is 2.23. The quantitative estimate of drug-likeness (QED) is 0.807. The molecule has 0 aromatic carbocycles. The summed E-state index contributed by atoms with van der Waals surface area (Å²) < 4.78 is 0. The zero-order chi connectivity index (χ0) is 12.1. The van der Waals surface area contributed by atoms with Crippen molar-refractivity contribution in [3.05, 3.63) is 24.3 Å². The number of carbonyl (C=O) groups is 1. The van der Waals surface area contributed by atoms with E-state index < -0.39 is 0 Å². The van der Waals surface area contributed by atoms with Crippen LogP contribution < -0.4 is 11.1 Å². The first-order chi connectivity index (χ1) is 8.29. The lowest BCUT2D eigenvalue weighted by Crippen LogP contribution is -2.38. The van der Waals surface area contributed by atoms with Crippen LogP contribution in [-0.4, -0.2) is 28.5 Å². The molecule has 0 atom stereocenters. The van der Waals surface area contributed by atoms with E-state index >= 15 is 0 Å². The van der Waals surface area contributed by atoms with E-state index in [0.29, 0.717) is 11.5 Å². The Kier molecular flexibility index (Phi) is 4.03. The number of hydrogen-bond acceptors (Lipinski definition) is 4. The van der Waals surface area contributed by atoms with Gasteiger partial charge in [0.25, 0.3) is 5.91 Å². The molecule has 0 unspecified atom stereocenters. The Morgan fingerprint density at radius 2 is 1.94 bits per heavy atom. The van der Waals surface area contributed by atoms with E-state index in [-0.39, 0.29) is 11.9 Å². The number of amides is 1. The van der Waals surface area contributed by atoms with Gasteiger partial charge in [0.1, 0.15) is 6.33 Å². The highest BCUT2D eigenvalue weighted by Crippen LogP contribution is 2.23. The highest BCUT2D eigenvalue weighted by atomic mass is 16.1. The van der Waals surface area contributed by atoms with Crippen LogP contribution in [0.5, 0.6) is 0 Å². The van der Waals surface area contributed by atoms with Crippen LogP contribution in [0.4, 0.5) is 0 Å². The molecule has 1 aliphatic carbocycles. The maximum absolute atomic E-state index is 11.8. The number of nitrogens with two attached hydrogens (primary N) is 1. The van der Waals surface area contributed by atoms with Crippen molar-refractivity contribution in [3.63, 3.8) is 0 Å². The van der Waals surface area contributed by atoms with Crippen molar-refractivity contribution in [3.8, 4) is 0 Å². The van der Waals surface area contributed by atoms with Crippen molar-refractivity contribution in [2.75, 3.05) is 6.54 Å². The SMILES string of the molecule is NCC1CCC(NC(=O)c2cncnc2)CC1. The minimum absolute atomic E-state index is 0.0817. The Labute approximate surface area is 101 Å². The van der Waals surface area contributed by atoms with Crippen molar-refractivity contribution in [1.82, 2.24) is 15.3 Å². The molecule has 5 heteroatoms. The Morgan fingerprint density at radius 1 is 1.29 bits per heavy atom. The minimum atomic E-state index is -0.0817. The molecule has 2 rings (SSSR count). The van der Waals surface area contributed by atoms with E-state index in [1.54, 1.807) is 0 Å². The summed E-state index contributed by atoms with van der Waals surface area (Å²) in [4.78, 5) is 19.5. The summed E-state index contributed by atoms with van der Waals surface area (Å²) in [5, 5.41) is 3.02. The number of nitrogens with zero attached hydrogens (tertiary/aromatic N) is 2. The van der Waals surface area contributed by atoms with Crippen molar-refractivity contribution >= 4 is 5.91 Å². The summed E-state index contributed by atoms with van der Waals surface area (Å²) in [6.07, 6.45) is 8.73. The molecule has 1 fully saturated rings. The molecular weight excluding hydrogens is 216 g/mol. The summed E-state index contributed by atoms with van der Waals surface area (Å²) >= 11 is 0. The van der Waals surface area contributed by atoms with E-state index in [2.05, 4.69) is 15.3 Å². The number of hydrogen-bond donors (Lipinski definition) is 2. The summed E-state index contributed by atoms with van der Waals surface area (Å²) in [7, 11) is 0. The predicted octanol–water partition coefficient (Wildman–Crippen LogP) is 0.724. The van der Waals surface area contributed by atoms with E-state index in [9.17, 15) is 4.79 Å². The second-order valence-electron chi connectivity index (χ2n) is 4.55. The lowest BCUT2D eigenvalue weighted by atomic mass is 9.86. The molecule has 0 bridgehead atoms. The lowest BCUT2D eigenvalue weighted by molar-refractivity contribution is 0.0921. The van der Waals surface area contributed by atoms with Gasteiger partial charge >= 0.3 is 0 Å². The van der Waals surface area contributed by atoms with Gasteiger partial charge in [0.05, 0.1) is 5.56 Å². The number of carbonyl (C=O) groups excluding carboxylic acids is 1. The average molecular weight is 234 g/mol. The zero-order valence-electron chi connectivity index (χ0n) is 9.80. The Bertz CT molecular complexity index is 360. The predicted molar refractivity (Wildman–Crippen MR) is 64.3 cm³/mol. The Balaban J connectivity index is 1.84. The zero-order valence-corrected chi connectivity index (χ0v) is 9.80. The van der Waals surface area contributed by atoms with Gasteiger partial charge in [-0.3, -0.25) is 4.79 Å². The molecule has 3 N–H and O–H groups in total. The Morgan fingerprint density at radius 3 is 2.53 bits per heavy atom. The maximum atomic E-state index is 11.8. The summed E-state index contributed by atoms with van der Waals surface area (Å²) in [5.74, 6) is 0.546.